The van der Waals surface area contributed by atoms with E-state index in [4.69, 9.17) is 0 Å². The van der Waals surface area contributed by atoms with Gasteiger partial charge in [0.2, 0.25) is 0 Å². The van der Waals surface area contributed by atoms with Gasteiger partial charge in [0.1, 0.15) is 0 Å². The smallest absolute Gasteiger partial charge is 0.0233 e. The molecular weight excluding hydrogens is 244 g/mol. The maximum atomic E-state index is 3.82. The minimum Gasteiger partial charge on any atom is -0.314 e. The van der Waals surface area contributed by atoms with E-state index < -0.39 is 0 Å². The van der Waals surface area contributed by atoms with Crippen molar-refractivity contribution >= 4 is 0 Å². The second-order valence-electron chi connectivity index (χ2n) is 6.59. The minimum absolute atomic E-state index is 0.766. The van der Waals surface area contributed by atoms with Crippen LogP contribution in [0.25, 0.3) is 0 Å². The first-order valence-corrected chi connectivity index (χ1v) is 8.40. The van der Waals surface area contributed by atoms with Gasteiger partial charge in [-0.15, -0.1) is 0 Å². The first-order chi connectivity index (χ1) is 9.90. The third-order valence-electron chi connectivity index (χ3n) is 5.01. The van der Waals surface area contributed by atoms with Crippen LogP contribution in [-0.4, -0.2) is 30.6 Å². The Hall–Kier alpha value is -0.860. The highest BCUT2D eigenvalue weighted by atomic mass is 15.1. The molecule has 1 heterocycles. The van der Waals surface area contributed by atoms with Crippen LogP contribution in [0.1, 0.15) is 44.1 Å². The van der Waals surface area contributed by atoms with Gasteiger partial charge in [0.05, 0.1) is 0 Å². The Morgan fingerprint density at radius 1 is 0.950 bits per heavy atom. The number of piperidine rings is 1. The topological polar surface area (TPSA) is 15.3 Å². The van der Waals surface area contributed by atoms with Crippen LogP contribution < -0.4 is 5.32 Å². The number of rotatable bonds is 5. The normalized spacial score (nSPS) is 22.4. The van der Waals surface area contributed by atoms with Crippen molar-refractivity contribution in [1.82, 2.24) is 10.2 Å². The van der Waals surface area contributed by atoms with Gasteiger partial charge in [0.15, 0.2) is 0 Å². The summed E-state index contributed by atoms with van der Waals surface area (Å²) in [7, 11) is 0. The average molecular weight is 272 g/mol. The SMILES string of the molecule is c1ccc(CN2CCC(NCC3CCCC3)CC2)cc1. The third-order valence-corrected chi connectivity index (χ3v) is 5.01. The van der Waals surface area contributed by atoms with Gasteiger partial charge >= 0.3 is 0 Å². The second kappa shape index (κ2) is 7.24. The molecule has 20 heavy (non-hydrogen) atoms. The fraction of sp³-hybridized carbons (Fsp3) is 0.667. The predicted molar refractivity (Wildman–Crippen MR) is 84.7 cm³/mol. The number of likely N-dealkylation sites (tertiary alicyclic amines) is 1. The van der Waals surface area contributed by atoms with Crippen molar-refractivity contribution in [2.75, 3.05) is 19.6 Å². The summed E-state index contributed by atoms with van der Waals surface area (Å²) in [4.78, 5) is 2.60. The maximum Gasteiger partial charge on any atom is 0.0233 e. The van der Waals surface area contributed by atoms with Crippen LogP contribution in [0, 0.1) is 5.92 Å². The lowest BCUT2D eigenvalue weighted by molar-refractivity contribution is 0.188. The summed E-state index contributed by atoms with van der Waals surface area (Å²) in [6, 6.07) is 11.6. The lowest BCUT2D eigenvalue weighted by Crippen LogP contribution is -2.43. The molecular formula is C18H28N2. The molecule has 0 atom stereocenters. The summed E-state index contributed by atoms with van der Waals surface area (Å²) in [6.07, 6.45) is 8.47. The van der Waals surface area contributed by atoms with E-state index in [1.165, 1.54) is 63.7 Å². The fourth-order valence-electron chi connectivity index (χ4n) is 3.68. The molecule has 0 radical (unpaired) electrons. The van der Waals surface area contributed by atoms with Gasteiger partial charge in [-0.05, 0) is 56.8 Å². The molecule has 1 N–H and O–H groups in total. The van der Waals surface area contributed by atoms with Gasteiger partial charge in [-0.2, -0.15) is 0 Å². The zero-order valence-electron chi connectivity index (χ0n) is 12.6. The second-order valence-corrected chi connectivity index (χ2v) is 6.59. The van der Waals surface area contributed by atoms with Crippen molar-refractivity contribution in [3.63, 3.8) is 0 Å². The van der Waals surface area contributed by atoms with Crippen LogP contribution >= 0.6 is 0 Å². The quantitative estimate of drug-likeness (QED) is 0.883. The molecule has 3 rings (SSSR count). The Bertz CT molecular complexity index is 376. The molecule has 2 aliphatic rings. The molecule has 0 aromatic heterocycles. The van der Waals surface area contributed by atoms with Crippen LogP contribution in [0.3, 0.4) is 0 Å². The van der Waals surface area contributed by atoms with Crippen LogP contribution in [-0.2, 0) is 6.54 Å². The van der Waals surface area contributed by atoms with Crippen molar-refractivity contribution in [1.29, 1.82) is 0 Å². The molecule has 0 bridgehead atoms. The lowest BCUT2D eigenvalue weighted by Gasteiger charge is -2.33. The molecule has 1 saturated heterocycles. The molecule has 2 fully saturated rings. The molecule has 0 unspecified atom stereocenters. The van der Waals surface area contributed by atoms with E-state index in [1.807, 2.05) is 0 Å². The summed E-state index contributed by atoms with van der Waals surface area (Å²) in [5.74, 6) is 0.970. The Morgan fingerprint density at radius 3 is 2.35 bits per heavy atom. The molecule has 1 aromatic carbocycles. The van der Waals surface area contributed by atoms with E-state index in [1.54, 1.807) is 0 Å². The molecule has 1 aliphatic carbocycles. The Balaban J connectivity index is 1.36. The van der Waals surface area contributed by atoms with Crippen molar-refractivity contribution in [2.45, 2.75) is 51.1 Å². The number of nitrogens with zero attached hydrogens (tertiary/aromatic N) is 1. The highest BCUT2D eigenvalue weighted by Gasteiger charge is 2.21. The Kier molecular flexibility index (Phi) is 5.10. The molecule has 2 nitrogen and oxygen atoms in total. The fourth-order valence-corrected chi connectivity index (χ4v) is 3.68. The first kappa shape index (κ1) is 14.1. The molecule has 0 amide bonds. The van der Waals surface area contributed by atoms with Crippen molar-refractivity contribution < 1.29 is 0 Å². The number of hydrogen-bond acceptors (Lipinski definition) is 2. The van der Waals surface area contributed by atoms with Crippen molar-refractivity contribution in [3.05, 3.63) is 35.9 Å². The van der Waals surface area contributed by atoms with Crippen LogP contribution in [0.4, 0.5) is 0 Å². The minimum atomic E-state index is 0.766. The summed E-state index contributed by atoms with van der Waals surface area (Å²) in [5, 5.41) is 3.82. The van der Waals surface area contributed by atoms with E-state index in [9.17, 15) is 0 Å². The molecule has 110 valence electrons. The number of nitrogens with one attached hydrogen (secondary N) is 1. The van der Waals surface area contributed by atoms with Crippen molar-refractivity contribution in [3.8, 4) is 0 Å². The number of hydrogen-bond donors (Lipinski definition) is 1. The Labute approximate surface area is 123 Å². The maximum absolute atomic E-state index is 3.82. The average Bonchev–Trinajstić information content (AvgIpc) is 3.01. The monoisotopic (exact) mass is 272 g/mol. The first-order valence-electron chi connectivity index (χ1n) is 8.40. The van der Waals surface area contributed by atoms with Crippen LogP contribution in [0.5, 0.6) is 0 Å². The lowest BCUT2D eigenvalue weighted by atomic mass is 10.0. The largest absolute Gasteiger partial charge is 0.314 e. The van der Waals surface area contributed by atoms with Crippen LogP contribution in [0.2, 0.25) is 0 Å². The van der Waals surface area contributed by atoms with Crippen molar-refractivity contribution in [2.24, 2.45) is 5.92 Å². The van der Waals surface area contributed by atoms with Crippen LogP contribution in [0.15, 0.2) is 30.3 Å². The standard InChI is InChI=1S/C18H28N2/c1-2-8-17(9-3-1)15-20-12-10-18(11-13-20)19-14-16-6-4-5-7-16/h1-3,8-9,16,18-19H,4-7,10-15H2. The zero-order valence-corrected chi connectivity index (χ0v) is 12.6. The van der Waals surface area contributed by atoms with Gasteiger partial charge in [-0.1, -0.05) is 43.2 Å². The molecule has 1 aliphatic heterocycles. The predicted octanol–water partition coefficient (Wildman–Crippen LogP) is 3.43. The van der Waals surface area contributed by atoms with Gasteiger partial charge in [0, 0.05) is 12.6 Å². The van der Waals surface area contributed by atoms with E-state index in [2.05, 4.69) is 40.5 Å². The highest BCUT2D eigenvalue weighted by molar-refractivity contribution is 5.14. The van der Waals surface area contributed by atoms with E-state index in [-0.39, 0.29) is 0 Å². The third kappa shape index (κ3) is 4.07. The Morgan fingerprint density at radius 2 is 1.65 bits per heavy atom. The van der Waals surface area contributed by atoms with Gasteiger partial charge in [0.25, 0.3) is 0 Å². The van der Waals surface area contributed by atoms with Gasteiger partial charge in [-0.3, -0.25) is 4.90 Å². The summed E-state index contributed by atoms with van der Waals surface area (Å²) in [5.41, 5.74) is 1.45. The summed E-state index contributed by atoms with van der Waals surface area (Å²) >= 11 is 0. The van der Waals surface area contributed by atoms with Gasteiger partial charge < -0.3 is 5.32 Å². The highest BCUT2D eigenvalue weighted by Crippen LogP contribution is 2.24. The van der Waals surface area contributed by atoms with E-state index >= 15 is 0 Å². The van der Waals surface area contributed by atoms with Gasteiger partial charge in [-0.25, -0.2) is 0 Å². The molecule has 1 saturated carbocycles. The summed E-state index contributed by atoms with van der Waals surface area (Å²) in [6.45, 7) is 4.88. The number of benzene rings is 1. The molecule has 2 heteroatoms. The zero-order chi connectivity index (χ0) is 13.6. The summed E-state index contributed by atoms with van der Waals surface area (Å²) < 4.78 is 0. The molecule has 0 spiro atoms. The van der Waals surface area contributed by atoms with E-state index in [0.717, 1.165) is 18.5 Å². The van der Waals surface area contributed by atoms with E-state index in [0.29, 0.717) is 0 Å². The molecule has 1 aromatic rings.